The van der Waals surface area contributed by atoms with Gasteiger partial charge in [0.05, 0.1) is 17.8 Å². The lowest BCUT2D eigenvalue weighted by atomic mass is 10.0. The quantitative estimate of drug-likeness (QED) is 0.616. The summed E-state index contributed by atoms with van der Waals surface area (Å²) in [5, 5.41) is 6.43. The van der Waals surface area contributed by atoms with E-state index < -0.39 is 0 Å². The van der Waals surface area contributed by atoms with Crippen LogP contribution >= 0.6 is 0 Å². The Kier molecular flexibility index (Phi) is 8.35. The molecule has 1 aromatic carbocycles. The van der Waals surface area contributed by atoms with E-state index in [2.05, 4.69) is 20.6 Å². The first-order valence-electron chi connectivity index (χ1n) is 12.0. The minimum atomic E-state index is -0.162. The van der Waals surface area contributed by atoms with Crippen molar-refractivity contribution in [2.24, 2.45) is 0 Å². The van der Waals surface area contributed by atoms with Gasteiger partial charge in [0.1, 0.15) is 0 Å². The third-order valence-electron chi connectivity index (χ3n) is 5.99. The van der Waals surface area contributed by atoms with Crippen molar-refractivity contribution in [3.05, 3.63) is 89.5 Å². The molecule has 2 N–H and O–H groups in total. The van der Waals surface area contributed by atoms with Gasteiger partial charge in [-0.15, -0.1) is 0 Å². The van der Waals surface area contributed by atoms with Gasteiger partial charge in [-0.25, -0.2) is 0 Å². The number of benzene rings is 1. The molecule has 7 nitrogen and oxygen atoms in total. The van der Waals surface area contributed by atoms with Crippen molar-refractivity contribution in [1.29, 1.82) is 0 Å². The van der Waals surface area contributed by atoms with Crippen LogP contribution in [-0.2, 0) is 13.1 Å². The third kappa shape index (κ3) is 6.26. The number of nitrogens with one attached hydrogen (secondary N) is 2. The molecule has 3 heterocycles. The monoisotopic (exact) mass is 457 g/mol. The van der Waals surface area contributed by atoms with Crippen molar-refractivity contribution in [2.75, 3.05) is 18.0 Å². The molecule has 0 radical (unpaired) electrons. The normalized spacial score (nSPS) is 14.9. The number of carbonyl (C=O) groups excluding carboxylic acids is 2. The molecule has 0 fully saturated rings. The van der Waals surface area contributed by atoms with Gasteiger partial charge in [0, 0.05) is 42.9 Å². The zero-order valence-corrected chi connectivity index (χ0v) is 19.4. The Bertz CT molecular complexity index is 1090. The number of nitrogens with zero attached hydrogens (tertiary/aromatic N) is 3. The number of aromatic nitrogens is 2. The summed E-state index contributed by atoms with van der Waals surface area (Å²) < 4.78 is 0. The minimum absolute atomic E-state index is 0.0706. The van der Waals surface area contributed by atoms with Crippen LogP contribution in [0.5, 0.6) is 0 Å². The Balaban J connectivity index is 1.60. The van der Waals surface area contributed by atoms with E-state index in [4.69, 9.17) is 0 Å². The number of anilines is 1. The van der Waals surface area contributed by atoms with E-state index >= 15 is 0 Å². The van der Waals surface area contributed by atoms with Gasteiger partial charge in [-0.1, -0.05) is 25.3 Å². The summed E-state index contributed by atoms with van der Waals surface area (Å²) in [6.07, 6.45) is 10.5. The third-order valence-corrected chi connectivity index (χ3v) is 5.99. The fourth-order valence-corrected chi connectivity index (χ4v) is 4.16. The maximum atomic E-state index is 13.4. The molecule has 176 valence electrons. The number of amides is 2. The van der Waals surface area contributed by atoms with E-state index in [1.807, 2.05) is 35.2 Å². The maximum Gasteiger partial charge on any atom is 0.259 e. The first-order valence-corrected chi connectivity index (χ1v) is 12.0. The minimum Gasteiger partial charge on any atom is -0.346 e. The zero-order valence-electron chi connectivity index (χ0n) is 19.4. The van der Waals surface area contributed by atoms with Gasteiger partial charge in [0.2, 0.25) is 0 Å². The summed E-state index contributed by atoms with van der Waals surface area (Å²) in [6, 6.07) is 14.8. The molecule has 0 saturated carbocycles. The molecule has 2 amide bonds. The predicted octanol–water partition coefficient (Wildman–Crippen LogP) is 4.11. The molecule has 34 heavy (non-hydrogen) atoms. The molecule has 0 aliphatic carbocycles. The summed E-state index contributed by atoms with van der Waals surface area (Å²) >= 11 is 0. The van der Waals surface area contributed by atoms with Crippen LogP contribution in [0.3, 0.4) is 0 Å². The van der Waals surface area contributed by atoms with Crippen LogP contribution in [0, 0.1) is 0 Å². The first kappa shape index (κ1) is 23.6. The number of carbonyl (C=O) groups is 2. The lowest BCUT2D eigenvalue weighted by Crippen LogP contribution is -2.34. The van der Waals surface area contributed by atoms with Gasteiger partial charge < -0.3 is 15.5 Å². The zero-order chi connectivity index (χ0) is 23.6. The second-order valence-corrected chi connectivity index (χ2v) is 8.49. The largest absolute Gasteiger partial charge is 0.346 e. The predicted molar refractivity (Wildman–Crippen MR) is 133 cm³/mol. The highest BCUT2D eigenvalue weighted by molar-refractivity contribution is 6.06. The van der Waals surface area contributed by atoms with E-state index in [-0.39, 0.29) is 11.8 Å². The van der Waals surface area contributed by atoms with Crippen molar-refractivity contribution >= 4 is 17.5 Å². The van der Waals surface area contributed by atoms with Gasteiger partial charge in [0.25, 0.3) is 11.8 Å². The fourth-order valence-electron chi connectivity index (χ4n) is 4.16. The average Bonchev–Trinajstić information content (AvgIpc) is 2.88. The number of fused-ring (bicyclic) bond motifs is 1. The molecule has 0 saturated heterocycles. The van der Waals surface area contributed by atoms with Gasteiger partial charge >= 0.3 is 0 Å². The van der Waals surface area contributed by atoms with E-state index in [9.17, 15) is 9.59 Å². The van der Waals surface area contributed by atoms with Gasteiger partial charge in [-0.3, -0.25) is 19.6 Å². The Morgan fingerprint density at radius 2 is 1.82 bits per heavy atom. The van der Waals surface area contributed by atoms with Crippen LogP contribution in [0.15, 0.2) is 67.1 Å². The van der Waals surface area contributed by atoms with Crippen LogP contribution in [0.2, 0.25) is 0 Å². The highest BCUT2D eigenvalue weighted by atomic mass is 16.2. The summed E-state index contributed by atoms with van der Waals surface area (Å²) in [5.41, 5.74) is 3.70. The Hall–Kier alpha value is -3.58. The molecular weight excluding hydrogens is 426 g/mol. The fraction of sp³-hybridized carbons (Fsp3) is 0.333. The number of pyridine rings is 2. The summed E-state index contributed by atoms with van der Waals surface area (Å²) in [5.74, 6) is -0.233. The molecule has 3 aromatic rings. The van der Waals surface area contributed by atoms with E-state index in [1.165, 1.54) is 12.8 Å². The second-order valence-electron chi connectivity index (χ2n) is 8.49. The molecule has 0 spiro atoms. The average molecular weight is 458 g/mol. The van der Waals surface area contributed by atoms with E-state index in [0.29, 0.717) is 30.8 Å². The lowest BCUT2D eigenvalue weighted by Gasteiger charge is -2.26. The van der Waals surface area contributed by atoms with Crippen molar-refractivity contribution in [3.8, 4) is 0 Å². The molecule has 2 aromatic heterocycles. The molecule has 1 aliphatic heterocycles. The van der Waals surface area contributed by atoms with Crippen LogP contribution in [-0.4, -0.2) is 34.9 Å². The van der Waals surface area contributed by atoms with Gasteiger partial charge in [-0.2, -0.15) is 0 Å². The van der Waals surface area contributed by atoms with Crippen molar-refractivity contribution < 1.29 is 9.59 Å². The Morgan fingerprint density at radius 1 is 0.941 bits per heavy atom. The molecular formula is C27H31N5O2. The SMILES string of the molecule is O=C(NCc1ccccn1)c1ccc2c(c1)CNCCCCCCCN2C(=O)c1cccnc1. The molecule has 0 bridgehead atoms. The van der Waals surface area contributed by atoms with Gasteiger partial charge in [0.15, 0.2) is 0 Å². The number of hydrogen-bond acceptors (Lipinski definition) is 5. The Labute approximate surface area is 200 Å². The molecule has 0 atom stereocenters. The second kappa shape index (κ2) is 12.0. The van der Waals surface area contributed by atoms with Crippen LogP contribution in [0.4, 0.5) is 5.69 Å². The Morgan fingerprint density at radius 3 is 2.65 bits per heavy atom. The number of hydrogen-bond donors (Lipinski definition) is 2. The summed E-state index contributed by atoms with van der Waals surface area (Å²) in [4.78, 5) is 36.5. The molecule has 0 unspecified atom stereocenters. The molecule has 1 aliphatic rings. The highest BCUT2D eigenvalue weighted by Crippen LogP contribution is 2.26. The van der Waals surface area contributed by atoms with Crippen molar-refractivity contribution in [3.63, 3.8) is 0 Å². The topological polar surface area (TPSA) is 87.2 Å². The van der Waals surface area contributed by atoms with Crippen molar-refractivity contribution in [2.45, 2.75) is 45.2 Å². The van der Waals surface area contributed by atoms with Crippen LogP contribution in [0.25, 0.3) is 0 Å². The van der Waals surface area contributed by atoms with Crippen LogP contribution in [0.1, 0.15) is 64.1 Å². The van der Waals surface area contributed by atoms with Crippen LogP contribution < -0.4 is 15.5 Å². The van der Waals surface area contributed by atoms with Crippen molar-refractivity contribution in [1.82, 2.24) is 20.6 Å². The van der Waals surface area contributed by atoms with E-state index in [1.54, 1.807) is 36.8 Å². The van der Waals surface area contributed by atoms with Gasteiger partial charge in [-0.05, 0) is 67.4 Å². The lowest BCUT2D eigenvalue weighted by molar-refractivity contribution is 0.0949. The van der Waals surface area contributed by atoms with E-state index in [0.717, 1.165) is 42.8 Å². The molecule has 7 heteroatoms. The first-order chi connectivity index (χ1) is 16.7. The summed E-state index contributed by atoms with van der Waals surface area (Å²) in [7, 11) is 0. The standard InChI is InChI=1S/C27H31N5O2/c33-26(31-20-24-10-4-6-15-30-24)21-11-12-25-23(17-21)19-28-13-5-2-1-3-7-16-32(25)27(34)22-9-8-14-29-18-22/h4,6,8-12,14-15,17-18,28H,1-3,5,7,13,16,19-20H2,(H,31,33). The smallest absolute Gasteiger partial charge is 0.259 e. The summed E-state index contributed by atoms with van der Waals surface area (Å²) in [6.45, 7) is 2.49. The maximum absolute atomic E-state index is 13.4. The molecule has 4 rings (SSSR count). The number of rotatable bonds is 4. The highest BCUT2D eigenvalue weighted by Gasteiger charge is 2.22.